The maximum absolute atomic E-state index is 12.5. The van der Waals surface area contributed by atoms with Crippen LogP contribution in [0, 0.1) is 0 Å². The fourth-order valence-corrected chi connectivity index (χ4v) is 8.29. The Hall–Kier alpha value is -0.690. The lowest BCUT2D eigenvalue weighted by molar-refractivity contribution is -0.132. The molecule has 0 aliphatic rings. The summed E-state index contributed by atoms with van der Waals surface area (Å²) >= 11 is 0. The van der Waals surface area contributed by atoms with E-state index in [2.05, 4.69) is 19.2 Å². The highest BCUT2D eigenvalue weighted by molar-refractivity contribution is 5.80. The van der Waals surface area contributed by atoms with Crippen LogP contribution in [0.5, 0.6) is 0 Å². The largest absolute Gasteiger partial charge is 0.394 e. The lowest BCUT2D eigenvalue weighted by atomic mass is 9.99. The Bertz CT molecular complexity index is 766. The van der Waals surface area contributed by atoms with Crippen molar-refractivity contribution < 1.29 is 25.2 Å². The van der Waals surface area contributed by atoms with Gasteiger partial charge in [0.2, 0.25) is 5.91 Å². The highest BCUT2D eigenvalue weighted by Crippen LogP contribution is 2.18. The Morgan fingerprint density at radius 2 is 0.607 bits per heavy atom. The van der Waals surface area contributed by atoms with Crippen LogP contribution < -0.4 is 5.32 Å². The number of unbranched alkanes of at least 4 members (excludes halogenated alkanes) is 38. The van der Waals surface area contributed by atoms with Gasteiger partial charge in [-0.2, -0.15) is 0 Å². The fraction of sp³-hybridized carbons (Fsp3) is 0.980. The first-order chi connectivity index (χ1) is 27.5. The van der Waals surface area contributed by atoms with Gasteiger partial charge >= 0.3 is 0 Å². The zero-order chi connectivity index (χ0) is 41.0. The van der Waals surface area contributed by atoms with Crippen LogP contribution in [0.1, 0.15) is 284 Å². The fourth-order valence-electron chi connectivity index (χ4n) is 8.29. The average Bonchev–Trinajstić information content (AvgIpc) is 3.20. The Labute approximate surface area is 350 Å². The molecule has 0 saturated carbocycles. The van der Waals surface area contributed by atoms with Gasteiger partial charge in [0.25, 0.3) is 0 Å². The summed E-state index contributed by atoms with van der Waals surface area (Å²) in [6.45, 7) is 4.07. The molecule has 6 heteroatoms. The molecule has 0 bridgehead atoms. The molecule has 0 heterocycles. The zero-order valence-electron chi connectivity index (χ0n) is 37.9. The minimum absolute atomic E-state index is 0.375. The Morgan fingerprint density at radius 1 is 0.375 bits per heavy atom. The van der Waals surface area contributed by atoms with Crippen LogP contribution in [0.25, 0.3) is 0 Å². The van der Waals surface area contributed by atoms with Gasteiger partial charge in [0.05, 0.1) is 18.8 Å². The van der Waals surface area contributed by atoms with Crippen LogP contribution in [-0.2, 0) is 4.79 Å². The van der Waals surface area contributed by atoms with E-state index >= 15 is 0 Å². The van der Waals surface area contributed by atoms with Crippen LogP contribution in [0.2, 0.25) is 0 Å². The van der Waals surface area contributed by atoms with Gasteiger partial charge in [-0.15, -0.1) is 0 Å². The summed E-state index contributed by atoms with van der Waals surface area (Å²) in [4.78, 5) is 12.5. The normalized spacial score (nSPS) is 13.9. The number of carbonyl (C=O) groups is 1. The molecule has 6 nitrogen and oxygen atoms in total. The Morgan fingerprint density at radius 3 is 0.857 bits per heavy atom. The maximum atomic E-state index is 12.5. The third-order valence-electron chi connectivity index (χ3n) is 12.3. The molecule has 0 aromatic heterocycles. The first-order valence-electron chi connectivity index (χ1n) is 25.4. The molecule has 0 spiro atoms. The van der Waals surface area contributed by atoms with Crippen molar-refractivity contribution in [3.05, 3.63) is 0 Å². The molecule has 0 aliphatic heterocycles. The van der Waals surface area contributed by atoms with Gasteiger partial charge in [0.1, 0.15) is 12.2 Å². The van der Waals surface area contributed by atoms with E-state index in [1.807, 2.05) is 0 Å². The number of nitrogens with one attached hydrogen (secondary N) is 1. The molecule has 5 N–H and O–H groups in total. The third-order valence-corrected chi connectivity index (χ3v) is 12.3. The minimum Gasteiger partial charge on any atom is -0.394 e. The van der Waals surface area contributed by atoms with Crippen LogP contribution in [0.3, 0.4) is 0 Å². The second-order valence-corrected chi connectivity index (χ2v) is 17.9. The molecule has 0 saturated heterocycles. The van der Waals surface area contributed by atoms with Crippen LogP contribution in [-0.4, -0.2) is 57.3 Å². The maximum Gasteiger partial charge on any atom is 0.249 e. The molecule has 336 valence electrons. The molecule has 0 radical (unpaired) electrons. The quantitative estimate of drug-likeness (QED) is 0.0394. The summed E-state index contributed by atoms with van der Waals surface area (Å²) in [6, 6.07) is -0.979. The molecule has 0 aromatic rings. The SMILES string of the molecule is CCCCCCCCCCCCCCCCCCCCCCCCCCCCCC(O)C(O)C(CO)NC(=O)C(O)CCCCCCCCCCCCCCC. The van der Waals surface area contributed by atoms with Crippen LogP contribution in [0.15, 0.2) is 0 Å². The number of hydrogen-bond donors (Lipinski definition) is 5. The summed E-state index contributed by atoms with van der Waals surface area (Å²) in [5.74, 6) is -0.579. The number of aliphatic hydroxyl groups excluding tert-OH is 4. The van der Waals surface area contributed by atoms with E-state index in [-0.39, 0.29) is 0 Å². The van der Waals surface area contributed by atoms with Gasteiger partial charge in [0.15, 0.2) is 0 Å². The van der Waals surface area contributed by atoms with Crippen molar-refractivity contribution in [3.8, 4) is 0 Å². The van der Waals surface area contributed by atoms with E-state index in [9.17, 15) is 25.2 Å². The predicted octanol–water partition coefficient (Wildman–Crippen LogP) is 14.0. The van der Waals surface area contributed by atoms with E-state index in [1.165, 1.54) is 218 Å². The predicted molar refractivity (Wildman–Crippen MR) is 242 cm³/mol. The first-order valence-corrected chi connectivity index (χ1v) is 25.4. The van der Waals surface area contributed by atoms with Gasteiger partial charge in [-0.3, -0.25) is 4.79 Å². The van der Waals surface area contributed by atoms with E-state index in [1.54, 1.807) is 0 Å². The van der Waals surface area contributed by atoms with Gasteiger partial charge in [0, 0.05) is 0 Å². The summed E-state index contributed by atoms with van der Waals surface area (Å²) in [7, 11) is 0. The van der Waals surface area contributed by atoms with Gasteiger partial charge in [-0.1, -0.05) is 271 Å². The molecule has 0 aromatic carbocycles. The van der Waals surface area contributed by atoms with Gasteiger partial charge < -0.3 is 25.7 Å². The molecule has 0 rings (SSSR count). The summed E-state index contributed by atoms with van der Waals surface area (Å²) in [5.41, 5.74) is 0. The number of amides is 1. The molecular formula is C50H101NO5. The Kier molecular flexibility index (Phi) is 44.8. The second-order valence-electron chi connectivity index (χ2n) is 17.9. The van der Waals surface area contributed by atoms with E-state index in [0.717, 1.165) is 38.5 Å². The lowest BCUT2D eigenvalue weighted by Gasteiger charge is -2.27. The van der Waals surface area contributed by atoms with Crippen molar-refractivity contribution in [1.29, 1.82) is 0 Å². The summed E-state index contributed by atoms with van der Waals surface area (Å²) in [6.07, 6.45) is 50.2. The Balaban J connectivity index is 3.57. The van der Waals surface area contributed by atoms with Crippen molar-refractivity contribution in [2.45, 2.75) is 308 Å². The van der Waals surface area contributed by atoms with Crippen LogP contribution >= 0.6 is 0 Å². The topological polar surface area (TPSA) is 110 Å². The molecule has 56 heavy (non-hydrogen) atoms. The summed E-state index contributed by atoms with van der Waals surface area (Å²) in [5, 5.41) is 43.8. The van der Waals surface area contributed by atoms with Gasteiger partial charge in [-0.05, 0) is 12.8 Å². The van der Waals surface area contributed by atoms with Crippen molar-refractivity contribution in [2.24, 2.45) is 0 Å². The second kappa shape index (κ2) is 45.4. The lowest BCUT2D eigenvalue weighted by Crippen LogP contribution is -2.53. The first kappa shape index (κ1) is 55.3. The molecular weight excluding hydrogens is 695 g/mol. The number of hydrogen-bond acceptors (Lipinski definition) is 5. The van der Waals surface area contributed by atoms with E-state index in [4.69, 9.17) is 0 Å². The van der Waals surface area contributed by atoms with E-state index in [0.29, 0.717) is 12.8 Å². The smallest absolute Gasteiger partial charge is 0.249 e. The summed E-state index contributed by atoms with van der Waals surface area (Å²) < 4.78 is 0. The molecule has 4 unspecified atom stereocenters. The highest BCUT2D eigenvalue weighted by atomic mass is 16.3. The number of carbonyl (C=O) groups excluding carboxylic acids is 1. The number of rotatable bonds is 47. The molecule has 4 atom stereocenters. The van der Waals surface area contributed by atoms with Crippen molar-refractivity contribution in [1.82, 2.24) is 5.32 Å². The number of aliphatic hydroxyl groups is 4. The van der Waals surface area contributed by atoms with Crippen molar-refractivity contribution >= 4 is 5.91 Å². The molecule has 0 aliphatic carbocycles. The third kappa shape index (κ3) is 38.8. The highest BCUT2D eigenvalue weighted by Gasteiger charge is 2.28. The average molecular weight is 796 g/mol. The molecule has 0 fully saturated rings. The zero-order valence-corrected chi connectivity index (χ0v) is 37.9. The van der Waals surface area contributed by atoms with Crippen LogP contribution in [0.4, 0.5) is 0 Å². The standard InChI is InChI=1S/C50H101NO5/c1-3-5-7-9-11-13-15-17-18-19-20-21-22-23-24-25-26-27-28-29-30-32-33-35-37-39-41-43-47(53)49(55)46(45-52)51-50(56)48(54)44-42-40-38-36-34-31-16-14-12-10-8-6-4-2/h46-49,52-55H,3-45H2,1-2H3,(H,51,56). The van der Waals surface area contributed by atoms with E-state index < -0.39 is 36.9 Å². The molecule has 1 amide bonds. The van der Waals surface area contributed by atoms with Gasteiger partial charge in [-0.25, -0.2) is 0 Å². The monoisotopic (exact) mass is 796 g/mol. The minimum atomic E-state index is -1.25. The van der Waals surface area contributed by atoms with Crippen molar-refractivity contribution in [3.63, 3.8) is 0 Å². The van der Waals surface area contributed by atoms with Crippen molar-refractivity contribution in [2.75, 3.05) is 6.61 Å².